The van der Waals surface area contributed by atoms with Crippen LogP contribution in [-0.4, -0.2) is 50.3 Å². The summed E-state index contributed by atoms with van der Waals surface area (Å²) in [5.74, 6) is -0.572. The van der Waals surface area contributed by atoms with Crippen LogP contribution in [-0.2, 0) is 4.74 Å². The van der Waals surface area contributed by atoms with Gasteiger partial charge in [-0.05, 0) is 47.0 Å². The van der Waals surface area contributed by atoms with E-state index in [0.29, 0.717) is 10.5 Å². The Hall–Kier alpha value is -4.16. The van der Waals surface area contributed by atoms with Crippen LogP contribution in [0.5, 0.6) is 6.01 Å². The molecule has 0 unspecified atom stereocenters. The van der Waals surface area contributed by atoms with Crippen LogP contribution in [0.2, 0.25) is 5.02 Å². The minimum Gasteiger partial charge on any atom is -0.458 e. The maximum atomic E-state index is 9.43. The molecule has 0 amide bonds. The van der Waals surface area contributed by atoms with Crippen LogP contribution in [0.15, 0.2) is 79.1 Å². The Morgan fingerprint density at radius 2 is 1.84 bits per heavy atom. The summed E-state index contributed by atoms with van der Waals surface area (Å²) in [6, 6.07) is 24.5. The van der Waals surface area contributed by atoms with Gasteiger partial charge in [-0.1, -0.05) is 48.0 Å². The molecule has 184 valence electrons. The second kappa shape index (κ2) is 9.71. The molecule has 3 atom stereocenters. The zero-order valence-corrected chi connectivity index (χ0v) is 20.3. The van der Waals surface area contributed by atoms with Crippen LogP contribution in [0, 0.1) is 17.2 Å². The van der Waals surface area contributed by atoms with E-state index in [1.807, 2.05) is 53.3 Å². The number of H-pyrrole nitrogens is 1. The van der Waals surface area contributed by atoms with Gasteiger partial charge in [0.15, 0.2) is 0 Å². The molecular weight excluding hydrogens is 490 g/mol. The molecule has 5 aromatic rings. The van der Waals surface area contributed by atoms with Crippen molar-refractivity contribution in [1.29, 1.82) is 5.26 Å². The number of nitriles is 1. The van der Waals surface area contributed by atoms with E-state index in [1.54, 1.807) is 6.20 Å². The third-order valence-electron chi connectivity index (χ3n) is 6.58. The quantitative estimate of drug-likeness (QED) is 0.331. The molecule has 6 rings (SSSR count). The Morgan fingerprint density at radius 1 is 1.11 bits per heavy atom. The van der Waals surface area contributed by atoms with Gasteiger partial charge in [0.2, 0.25) is 0 Å². The molecule has 0 spiro atoms. The van der Waals surface area contributed by atoms with Gasteiger partial charge in [-0.3, -0.25) is 0 Å². The lowest BCUT2D eigenvalue weighted by molar-refractivity contribution is 0.0466. The zero-order chi connectivity index (χ0) is 25.4. The Labute approximate surface area is 217 Å². The topological polar surface area (TPSA) is 109 Å². The molecule has 0 saturated carbocycles. The normalized spacial score (nSPS) is 19.2. The third-order valence-corrected chi connectivity index (χ3v) is 6.89. The highest BCUT2D eigenvalue weighted by Crippen LogP contribution is 2.34. The monoisotopic (exact) mass is 511 g/mol. The van der Waals surface area contributed by atoms with Crippen molar-refractivity contribution in [3.05, 3.63) is 84.1 Å². The van der Waals surface area contributed by atoms with Gasteiger partial charge >= 0.3 is 0 Å². The molecule has 37 heavy (non-hydrogen) atoms. The number of aliphatic hydroxyl groups excluding tert-OH is 1. The lowest BCUT2D eigenvalue weighted by atomic mass is 10.00. The van der Waals surface area contributed by atoms with E-state index in [4.69, 9.17) is 21.1 Å². The number of hydrogen-bond acceptors (Lipinski definition) is 6. The summed E-state index contributed by atoms with van der Waals surface area (Å²) >= 11 is 6.64. The average Bonchev–Trinajstić information content (AvgIpc) is 3.68. The summed E-state index contributed by atoms with van der Waals surface area (Å²) in [6.07, 6.45) is 2.60. The first kappa shape index (κ1) is 23.3. The summed E-state index contributed by atoms with van der Waals surface area (Å²) < 4.78 is 13.2. The van der Waals surface area contributed by atoms with Gasteiger partial charge in [-0.25, -0.2) is 4.68 Å². The van der Waals surface area contributed by atoms with Crippen molar-refractivity contribution in [2.24, 2.45) is 5.92 Å². The fourth-order valence-corrected chi connectivity index (χ4v) is 4.88. The number of rotatable bonds is 6. The number of hydrogen-bond donors (Lipinski definition) is 2. The number of nitrogens with one attached hydrogen (secondary N) is 1. The van der Waals surface area contributed by atoms with E-state index < -0.39 is 18.1 Å². The fraction of sp³-hybridized carbons (Fsp3) is 0.179. The highest BCUT2D eigenvalue weighted by Gasteiger charge is 2.39. The second-order valence-electron chi connectivity index (χ2n) is 8.83. The molecule has 0 radical (unpaired) electrons. The van der Waals surface area contributed by atoms with E-state index in [0.717, 1.165) is 33.5 Å². The Balaban J connectivity index is 1.23. The Bertz CT molecular complexity index is 1570. The summed E-state index contributed by atoms with van der Waals surface area (Å²) in [6.45, 7) is -0.0165. The molecule has 8 nitrogen and oxygen atoms in total. The summed E-state index contributed by atoms with van der Waals surface area (Å²) in [5, 5.41) is 23.7. The minimum atomic E-state index is -0.572. The molecule has 0 aliphatic carbocycles. The van der Waals surface area contributed by atoms with Crippen molar-refractivity contribution >= 4 is 22.6 Å². The van der Waals surface area contributed by atoms with Crippen molar-refractivity contribution < 1.29 is 14.6 Å². The second-order valence-corrected chi connectivity index (χ2v) is 9.24. The molecule has 2 aromatic heterocycles. The van der Waals surface area contributed by atoms with E-state index in [9.17, 15) is 10.4 Å². The van der Waals surface area contributed by atoms with Gasteiger partial charge in [0.05, 0.1) is 41.0 Å². The average molecular weight is 512 g/mol. The standard InChI is InChI=1S/C28H22ClN5O3/c29-23-13-25-24(32-28(33-25)37-27-16-36-26(15-35)22(27)14-30)12-21(23)19-4-2-17(3-5-19)18-6-8-20(9-7-18)34-11-1-10-31-34/h1-13,22,26-27,35H,15-16H2,(H,32,33)/t22-,26-,27-/m1/s1. The molecule has 9 heteroatoms. The highest BCUT2D eigenvalue weighted by atomic mass is 35.5. The SMILES string of the molecule is N#C[C@@H]1[C@@H](CO)OC[C@H]1Oc1nc2cc(-c3ccc(-c4ccc(-n5cccn5)cc4)cc3)c(Cl)cc2[nH]1. The number of aromatic amines is 1. The first-order valence-electron chi connectivity index (χ1n) is 11.8. The zero-order valence-electron chi connectivity index (χ0n) is 19.6. The molecule has 0 bridgehead atoms. The van der Waals surface area contributed by atoms with Crippen molar-refractivity contribution in [3.63, 3.8) is 0 Å². The number of benzene rings is 3. The van der Waals surface area contributed by atoms with Crippen LogP contribution in [0.3, 0.4) is 0 Å². The molecule has 1 aliphatic heterocycles. The van der Waals surface area contributed by atoms with Crippen molar-refractivity contribution in [1.82, 2.24) is 19.7 Å². The van der Waals surface area contributed by atoms with Gasteiger partial charge < -0.3 is 19.6 Å². The largest absolute Gasteiger partial charge is 0.458 e. The van der Waals surface area contributed by atoms with Gasteiger partial charge in [-0.2, -0.15) is 15.3 Å². The van der Waals surface area contributed by atoms with Crippen LogP contribution in [0.4, 0.5) is 0 Å². The number of imidazole rings is 1. The summed E-state index contributed by atoms with van der Waals surface area (Å²) in [5.41, 5.74) is 6.44. The smallest absolute Gasteiger partial charge is 0.295 e. The Morgan fingerprint density at radius 3 is 2.51 bits per heavy atom. The van der Waals surface area contributed by atoms with E-state index in [2.05, 4.69) is 45.4 Å². The fourth-order valence-electron chi connectivity index (χ4n) is 4.60. The van der Waals surface area contributed by atoms with Gasteiger partial charge in [0.1, 0.15) is 18.1 Å². The van der Waals surface area contributed by atoms with E-state index in [-0.39, 0.29) is 19.2 Å². The van der Waals surface area contributed by atoms with Crippen LogP contribution in [0.25, 0.3) is 39.0 Å². The van der Waals surface area contributed by atoms with E-state index in [1.165, 1.54) is 0 Å². The van der Waals surface area contributed by atoms with Crippen molar-refractivity contribution in [2.75, 3.05) is 13.2 Å². The van der Waals surface area contributed by atoms with Crippen molar-refractivity contribution in [2.45, 2.75) is 12.2 Å². The molecule has 2 N–H and O–H groups in total. The van der Waals surface area contributed by atoms with Gasteiger partial charge in [-0.15, -0.1) is 0 Å². The maximum Gasteiger partial charge on any atom is 0.295 e. The number of aromatic nitrogens is 4. The maximum absolute atomic E-state index is 9.43. The predicted molar refractivity (Wildman–Crippen MR) is 139 cm³/mol. The van der Waals surface area contributed by atoms with Gasteiger partial charge in [0.25, 0.3) is 6.01 Å². The first-order chi connectivity index (χ1) is 18.1. The third kappa shape index (κ3) is 4.45. The number of aliphatic hydroxyl groups is 1. The molecule has 3 aromatic carbocycles. The molecule has 1 saturated heterocycles. The number of nitrogens with zero attached hydrogens (tertiary/aromatic N) is 4. The van der Waals surface area contributed by atoms with Crippen molar-refractivity contribution in [3.8, 4) is 40.0 Å². The molecule has 1 aliphatic rings. The molecule has 3 heterocycles. The number of ether oxygens (including phenoxy) is 2. The highest BCUT2D eigenvalue weighted by molar-refractivity contribution is 6.34. The van der Waals surface area contributed by atoms with Crippen LogP contribution < -0.4 is 4.74 Å². The van der Waals surface area contributed by atoms with E-state index >= 15 is 0 Å². The lowest BCUT2D eigenvalue weighted by Crippen LogP contribution is -2.29. The minimum absolute atomic E-state index is 0.213. The molecular formula is C28H22ClN5O3. The summed E-state index contributed by atoms with van der Waals surface area (Å²) in [7, 11) is 0. The lowest BCUT2D eigenvalue weighted by Gasteiger charge is -2.14. The number of halogens is 1. The van der Waals surface area contributed by atoms with Crippen LogP contribution >= 0.6 is 11.6 Å². The number of fused-ring (bicyclic) bond motifs is 1. The Kier molecular flexibility index (Phi) is 6.10. The predicted octanol–water partition coefficient (Wildman–Crippen LogP) is 5.01. The first-order valence-corrected chi connectivity index (χ1v) is 12.2. The van der Waals surface area contributed by atoms with Gasteiger partial charge in [0, 0.05) is 18.0 Å². The van der Waals surface area contributed by atoms with Crippen LogP contribution in [0.1, 0.15) is 0 Å². The molecule has 1 fully saturated rings. The summed E-state index contributed by atoms with van der Waals surface area (Å²) in [4.78, 5) is 7.66.